The average molecular weight is 416 g/mol. The van der Waals surface area contributed by atoms with Crippen molar-refractivity contribution in [3.8, 4) is 5.75 Å². The molecule has 1 N–H and O–H groups in total. The van der Waals surface area contributed by atoms with Gasteiger partial charge in [0.15, 0.2) is 0 Å². The summed E-state index contributed by atoms with van der Waals surface area (Å²) in [6, 6.07) is 21.9. The summed E-state index contributed by atoms with van der Waals surface area (Å²) in [5.74, 6) is 0.670. The smallest absolute Gasteiger partial charge is 0.251 e. The van der Waals surface area contributed by atoms with Gasteiger partial charge in [-0.05, 0) is 55.7 Å². The quantitative estimate of drug-likeness (QED) is 0.623. The first kappa shape index (κ1) is 21.1. The Morgan fingerprint density at radius 3 is 2.68 bits per heavy atom. The molecule has 5 nitrogen and oxygen atoms in total. The predicted molar refractivity (Wildman–Crippen MR) is 122 cm³/mol. The first-order valence-corrected chi connectivity index (χ1v) is 10.9. The van der Waals surface area contributed by atoms with E-state index in [1.54, 1.807) is 0 Å². The number of benzene rings is 2. The number of amides is 1. The molecule has 5 heteroatoms. The van der Waals surface area contributed by atoms with Gasteiger partial charge >= 0.3 is 0 Å². The molecular weight excluding hydrogens is 386 g/mol. The molecule has 4 rings (SSSR count). The summed E-state index contributed by atoms with van der Waals surface area (Å²) < 4.78 is 5.91. The van der Waals surface area contributed by atoms with Crippen LogP contribution in [0.15, 0.2) is 72.9 Å². The number of aromatic nitrogens is 1. The molecule has 0 spiro atoms. The maximum Gasteiger partial charge on any atom is 0.251 e. The Balaban J connectivity index is 1.26. The minimum atomic E-state index is -0.0378. The van der Waals surface area contributed by atoms with Crippen LogP contribution in [0.5, 0.6) is 5.75 Å². The summed E-state index contributed by atoms with van der Waals surface area (Å²) in [5, 5.41) is 3.19. The van der Waals surface area contributed by atoms with Crippen molar-refractivity contribution in [2.75, 3.05) is 13.1 Å². The molecule has 31 heavy (non-hydrogen) atoms. The number of hydrogen-bond acceptors (Lipinski definition) is 4. The first-order valence-electron chi connectivity index (χ1n) is 10.9. The minimum Gasteiger partial charge on any atom is -0.489 e. The summed E-state index contributed by atoms with van der Waals surface area (Å²) in [6.45, 7) is 5.34. The summed E-state index contributed by atoms with van der Waals surface area (Å²) in [4.78, 5) is 19.6. The van der Waals surface area contributed by atoms with Crippen LogP contribution in [0, 0.1) is 6.92 Å². The Labute approximate surface area is 184 Å². The molecule has 1 aliphatic heterocycles. The van der Waals surface area contributed by atoms with Crippen molar-refractivity contribution in [1.29, 1.82) is 0 Å². The van der Waals surface area contributed by atoms with E-state index in [9.17, 15) is 4.79 Å². The van der Waals surface area contributed by atoms with Crippen LogP contribution in [-0.4, -0.2) is 34.9 Å². The minimum absolute atomic E-state index is 0.0378. The molecule has 2 heterocycles. The highest BCUT2D eigenvalue weighted by Crippen LogP contribution is 2.18. The zero-order valence-corrected chi connectivity index (χ0v) is 18.0. The van der Waals surface area contributed by atoms with Gasteiger partial charge < -0.3 is 10.1 Å². The number of ether oxygens (including phenoxy) is 1. The molecule has 1 saturated heterocycles. The van der Waals surface area contributed by atoms with Crippen LogP contribution in [0.25, 0.3) is 0 Å². The normalized spacial score (nSPS) is 14.9. The third kappa shape index (κ3) is 6.15. The lowest BCUT2D eigenvalue weighted by Gasteiger charge is -2.32. The molecule has 1 amide bonds. The van der Waals surface area contributed by atoms with Crippen molar-refractivity contribution in [2.24, 2.45) is 0 Å². The van der Waals surface area contributed by atoms with E-state index >= 15 is 0 Å². The molecule has 0 bridgehead atoms. The molecule has 1 aliphatic rings. The van der Waals surface area contributed by atoms with Crippen LogP contribution in [-0.2, 0) is 13.2 Å². The number of hydrogen-bond donors (Lipinski definition) is 1. The van der Waals surface area contributed by atoms with Crippen LogP contribution in [0.4, 0.5) is 0 Å². The molecule has 1 fully saturated rings. The van der Waals surface area contributed by atoms with Gasteiger partial charge in [-0.25, -0.2) is 0 Å². The van der Waals surface area contributed by atoms with E-state index in [2.05, 4.69) is 40.3 Å². The maximum absolute atomic E-state index is 12.8. The third-order valence-electron chi connectivity index (χ3n) is 5.62. The fourth-order valence-corrected chi connectivity index (χ4v) is 3.92. The second-order valence-electron chi connectivity index (χ2n) is 8.15. The van der Waals surface area contributed by atoms with Crippen LogP contribution in [0.2, 0.25) is 0 Å². The van der Waals surface area contributed by atoms with E-state index < -0.39 is 0 Å². The second-order valence-corrected chi connectivity index (χ2v) is 8.15. The highest BCUT2D eigenvalue weighted by atomic mass is 16.5. The molecule has 1 aromatic heterocycles. The largest absolute Gasteiger partial charge is 0.489 e. The van der Waals surface area contributed by atoms with Gasteiger partial charge in [0.25, 0.3) is 5.91 Å². The molecule has 0 radical (unpaired) electrons. The summed E-state index contributed by atoms with van der Waals surface area (Å²) in [7, 11) is 0. The van der Waals surface area contributed by atoms with Gasteiger partial charge in [0.05, 0.1) is 5.69 Å². The van der Waals surface area contributed by atoms with Gasteiger partial charge in [0, 0.05) is 37.4 Å². The standard InChI is InChI=1S/C26H29N3O2/c1-20-6-4-7-21(16-20)19-31-25-10-5-8-22(17-25)26(30)28-23-11-14-29(15-12-23)18-24-9-2-3-13-27-24/h2-10,13,16-17,23H,11-12,14-15,18-19H2,1H3,(H,28,30). The molecule has 0 atom stereocenters. The third-order valence-corrected chi connectivity index (χ3v) is 5.62. The van der Waals surface area contributed by atoms with Crippen molar-refractivity contribution in [3.63, 3.8) is 0 Å². The second kappa shape index (κ2) is 10.2. The highest BCUT2D eigenvalue weighted by molar-refractivity contribution is 5.94. The molecule has 0 aliphatic carbocycles. The number of likely N-dealkylation sites (tertiary alicyclic amines) is 1. The van der Waals surface area contributed by atoms with Gasteiger partial charge in [-0.1, -0.05) is 42.0 Å². The van der Waals surface area contributed by atoms with Crippen LogP contribution >= 0.6 is 0 Å². The van der Waals surface area contributed by atoms with Crippen LogP contribution < -0.4 is 10.1 Å². The Hall–Kier alpha value is -3.18. The lowest BCUT2D eigenvalue weighted by molar-refractivity contribution is 0.0908. The molecule has 0 unspecified atom stereocenters. The van der Waals surface area contributed by atoms with E-state index in [1.165, 1.54) is 5.56 Å². The summed E-state index contributed by atoms with van der Waals surface area (Å²) in [6.07, 6.45) is 3.73. The highest BCUT2D eigenvalue weighted by Gasteiger charge is 2.21. The monoisotopic (exact) mass is 415 g/mol. The van der Waals surface area contributed by atoms with Crippen LogP contribution in [0.3, 0.4) is 0 Å². The van der Waals surface area contributed by atoms with Crippen molar-refractivity contribution >= 4 is 5.91 Å². The molecule has 160 valence electrons. The number of carbonyl (C=O) groups is 1. The lowest BCUT2D eigenvalue weighted by atomic mass is 10.0. The van der Waals surface area contributed by atoms with Gasteiger partial charge in [0.2, 0.25) is 0 Å². The Kier molecular flexibility index (Phi) is 6.95. The zero-order chi connectivity index (χ0) is 21.5. The van der Waals surface area contributed by atoms with Gasteiger partial charge in [-0.2, -0.15) is 0 Å². The zero-order valence-electron chi connectivity index (χ0n) is 18.0. The topological polar surface area (TPSA) is 54.5 Å². The first-order chi connectivity index (χ1) is 15.2. The SMILES string of the molecule is Cc1cccc(COc2cccc(C(=O)NC3CCN(Cc4ccccn4)CC3)c2)c1. The van der Waals surface area contributed by atoms with Crippen molar-refractivity contribution in [1.82, 2.24) is 15.2 Å². The fourth-order valence-electron chi connectivity index (χ4n) is 3.92. The summed E-state index contributed by atoms with van der Waals surface area (Å²) >= 11 is 0. The molecule has 3 aromatic rings. The number of nitrogens with zero attached hydrogens (tertiary/aromatic N) is 2. The Bertz CT molecular complexity index is 998. The van der Waals surface area contributed by atoms with E-state index in [0.29, 0.717) is 17.9 Å². The maximum atomic E-state index is 12.8. The number of pyridine rings is 1. The molecule has 0 saturated carbocycles. The number of aryl methyl sites for hydroxylation is 1. The van der Waals surface area contributed by atoms with E-state index in [4.69, 9.17) is 4.74 Å². The van der Waals surface area contributed by atoms with E-state index in [0.717, 1.165) is 43.7 Å². The predicted octanol–water partition coefficient (Wildman–Crippen LogP) is 4.36. The number of nitrogens with one attached hydrogen (secondary N) is 1. The Morgan fingerprint density at radius 2 is 1.90 bits per heavy atom. The lowest BCUT2D eigenvalue weighted by Crippen LogP contribution is -2.44. The van der Waals surface area contributed by atoms with Gasteiger partial charge in [-0.3, -0.25) is 14.7 Å². The summed E-state index contributed by atoms with van der Waals surface area (Å²) in [5.41, 5.74) is 4.05. The molecule has 2 aromatic carbocycles. The van der Waals surface area contributed by atoms with Crippen molar-refractivity contribution in [3.05, 3.63) is 95.3 Å². The number of piperidine rings is 1. The van der Waals surface area contributed by atoms with Crippen molar-refractivity contribution < 1.29 is 9.53 Å². The van der Waals surface area contributed by atoms with E-state index in [-0.39, 0.29) is 11.9 Å². The van der Waals surface area contributed by atoms with Gasteiger partial charge in [0.1, 0.15) is 12.4 Å². The van der Waals surface area contributed by atoms with Crippen LogP contribution in [0.1, 0.15) is 40.0 Å². The van der Waals surface area contributed by atoms with E-state index in [1.807, 2.05) is 54.7 Å². The van der Waals surface area contributed by atoms with Gasteiger partial charge in [-0.15, -0.1) is 0 Å². The Morgan fingerprint density at radius 1 is 1.06 bits per heavy atom. The van der Waals surface area contributed by atoms with Crippen molar-refractivity contribution in [2.45, 2.75) is 39.0 Å². The number of carbonyl (C=O) groups excluding carboxylic acids is 1. The number of rotatable bonds is 7. The molecular formula is C26H29N3O2. The fraction of sp³-hybridized carbons (Fsp3) is 0.308. The average Bonchev–Trinajstić information content (AvgIpc) is 2.80.